The van der Waals surface area contributed by atoms with Crippen LogP contribution in [0.3, 0.4) is 0 Å². The van der Waals surface area contributed by atoms with E-state index >= 15 is 0 Å². The number of furan rings is 1. The average Bonchev–Trinajstić information content (AvgIpc) is 3.73. The molecule has 0 spiro atoms. The summed E-state index contributed by atoms with van der Waals surface area (Å²) in [4.78, 5) is 10.4. The van der Waals surface area contributed by atoms with Crippen molar-refractivity contribution in [1.82, 2.24) is 9.97 Å². The zero-order valence-corrected chi connectivity index (χ0v) is 26.5. The Morgan fingerprint density at radius 2 is 1.10 bits per heavy atom. The van der Waals surface area contributed by atoms with Crippen LogP contribution in [0.1, 0.15) is 0 Å². The standard InChI is InChI=1S/C44H26N2OS/c1-3-12-27(13-4-1)36-26-37-33-23-22-30(25-38(33)47-42(37)34-19-8-7-18-32(34)36)29-16-11-17-31(24-29)44-45-40(28-14-5-2-6-15-28)43-41(46-44)35-20-9-10-21-39(35)48-43/h1-26H. The molecule has 10 aromatic rings. The molecule has 0 saturated carbocycles. The van der Waals surface area contributed by atoms with Crippen molar-refractivity contribution >= 4 is 64.4 Å². The molecule has 7 aromatic carbocycles. The number of hydrogen-bond acceptors (Lipinski definition) is 4. The maximum Gasteiger partial charge on any atom is 0.160 e. The van der Waals surface area contributed by atoms with E-state index in [1.807, 2.05) is 6.07 Å². The molecular formula is C44H26N2OS. The van der Waals surface area contributed by atoms with Gasteiger partial charge in [-0.05, 0) is 58.0 Å². The van der Waals surface area contributed by atoms with Crippen LogP contribution in [0, 0.1) is 0 Å². The Morgan fingerprint density at radius 3 is 1.94 bits per heavy atom. The van der Waals surface area contributed by atoms with Gasteiger partial charge in [-0.25, -0.2) is 9.97 Å². The van der Waals surface area contributed by atoms with Gasteiger partial charge >= 0.3 is 0 Å². The highest BCUT2D eigenvalue weighted by atomic mass is 32.1. The topological polar surface area (TPSA) is 38.9 Å². The molecule has 0 fully saturated rings. The molecule has 0 atom stereocenters. The van der Waals surface area contributed by atoms with Crippen LogP contribution < -0.4 is 0 Å². The average molecular weight is 631 g/mol. The third-order valence-electron chi connectivity index (χ3n) is 9.28. The third-order valence-corrected chi connectivity index (χ3v) is 10.5. The van der Waals surface area contributed by atoms with Gasteiger partial charge in [0.1, 0.15) is 11.2 Å². The van der Waals surface area contributed by atoms with Gasteiger partial charge in [0.05, 0.1) is 15.9 Å². The summed E-state index contributed by atoms with van der Waals surface area (Å²) in [6, 6.07) is 55.4. The highest BCUT2D eigenvalue weighted by molar-refractivity contribution is 7.26. The normalized spacial score (nSPS) is 11.8. The molecule has 4 heteroatoms. The molecule has 0 N–H and O–H groups in total. The predicted octanol–water partition coefficient (Wildman–Crippen LogP) is 12.6. The lowest BCUT2D eigenvalue weighted by atomic mass is 9.95. The van der Waals surface area contributed by atoms with Crippen LogP contribution in [0.5, 0.6) is 0 Å². The minimum atomic E-state index is 0.719. The van der Waals surface area contributed by atoms with Crippen molar-refractivity contribution < 1.29 is 4.42 Å². The van der Waals surface area contributed by atoms with Gasteiger partial charge in [0.25, 0.3) is 0 Å². The van der Waals surface area contributed by atoms with Gasteiger partial charge in [0, 0.05) is 37.4 Å². The van der Waals surface area contributed by atoms with Crippen molar-refractivity contribution in [1.29, 1.82) is 0 Å². The largest absolute Gasteiger partial charge is 0.455 e. The van der Waals surface area contributed by atoms with Crippen LogP contribution in [0.4, 0.5) is 0 Å². The maximum absolute atomic E-state index is 6.66. The molecule has 0 unspecified atom stereocenters. The molecule has 48 heavy (non-hydrogen) atoms. The minimum absolute atomic E-state index is 0.719. The molecule has 3 nitrogen and oxygen atoms in total. The van der Waals surface area contributed by atoms with Crippen LogP contribution in [-0.2, 0) is 0 Å². The summed E-state index contributed by atoms with van der Waals surface area (Å²) in [6.45, 7) is 0. The SMILES string of the molecule is c1ccc(-c2cc3c4ccc(-c5cccc(-c6nc(-c7ccccc7)c7sc8ccccc8c7n6)c5)cc4oc3c3ccccc23)cc1. The van der Waals surface area contributed by atoms with E-state index in [-0.39, 0.29) is 0 Å². The summed E-state index contributed by atoms with van der Waals surface area (Å²) in [5.74, 6) is 0.719. The van der Waals surface area contributed by atoms with Gasteiger partial charge in [-0.3, -0.25) is 0 Å². The van der Waals surface area contributed by atoms with Gasteiger partial charge in [0.15, 0.2) is 5.82 Å². The second-order valence-corrected chi connectivity index (χ2v) is 13.2. The summed E-state index contributed by atoms with van der Waals surface area (Å²) in [7, 11) is 0. The van der Waals surface area contributed by atoms with Crippen molar-refractivity contribution in [2.75, 3.05) is 0 Å². The first kappa shape index (κ1) is 27.1. The number of fused-ring (bicyclic) bond motifs is 8. The Morgan fingerprint density at radius 1 is 0.438 bits per heavy atom. The zero-order valence-electron chi connectivity index (χ0n) is 25.7. The fourth-order valence-corrected chi connectivity index (χ4v) is 8.14. The van der Waals surface area contributed by atoms with E-state index in [0.29, 0.717) is 0 Å². The fraction of sp³-hybridized carbons (Fsp3) is 0. The first-order valence-electron chi connectivity index (χ1n) is 16.1. The lowest BCUT2D eigenvalue weighted by molar-refractivity contribution is 0.673. The first-order chi connectivity index (χ1) is 23.8. The van der Waals surface area contributed by atoms with Gasteiger partial charge in [-0.1, -0.05) is 127 Å². The number of benzene rings is 7. The number of aromatic nitrogens is 2. The predicted molar refractivity (Wildman–Crippen MR) is 201 cm³/mol. The summed E-state index contributed by atoms with van der Waals surface area (Å²) < 4.78 is 8.98. The second kappa shape index (κ2) is 10.7. The first-order valence-corrected chi connectivity index (χ1v) is 16.9. The van der Waals surface area contributed by atoms with E-state index < -0.39 is 0 Å². The quantitative estimate of drug-likeness (QED) is 0.194. The number of thiophene rings is 1. The number of nitrogens with zero attached hydrogens (tertiary/aromatic N) is 2. The molecule has 0 aliphatic carbocycles. The summed E-state index contributed by atoms with van der Waals surface area (Å²) >= 11 is 1.75. The minimum Gasteiger partial charge on any atom is -0.455 e. The van der Waals surface area contributed by atoms with E-state index in [4.69, 9.17) is 14.4 Å². The Hall–Kier alpha value is -6.10. The van der Waals surface area contributed by atoms with Crippen molar-refractivity contribution in [3.8, 4) is 44.9 Å². The molecule has 0 saturated heterocycles. The molecule has 0 amide bonds. The molecule has 3 aromatic heterocycles. The molecule has 224 valence electrons. The van der Waals surface area contributed by atoms with Gasteiger partial charge < -0.3 is 4.42 Å². The smallest absolute Gasteiger partial charge is 0.160 e. The van der Waals surface area contributed by atoms with Gasteiger partial charge in [-0.15, -0.1) is 11.3 Å². The molecule has 3 heterocycles. The van der Waals surface area contributed by atoms with Crippen molar-refractivity contribution in [3.05, 3.63) is 158 Å². The molecule has 10 rings (SSSR count). The fourth-order valence-electron chi connectivity index (χ4n) is 6.98. The van der Waals surface area contributed by atoms with Crippen LogP contribution in [0.25, 0.3) is 97.9 Å². The maximum atomic E-state index is 6.66. The Kier molecular flexibility index (Phi) is 6.05. The Bertz CT molecular complexity index is 2830. The monoisotopic (exact) mass is 630 g/mol. The Balaban J connectivity index is 1.13. The molecule has 0 bridgehead atoms. The number of hydrogen-bond donors (Lipinski definition) is 0. The Labute approximate surface area is 280 Å². The highest BCUT2D eigenvalue weighted by Crippen LogP contribution is 2.42. The summed E-state index contributed by atoms with van der Waals surface area (Å²) in [5, 5.41) is 5.71. The van der Waals surface area contributed by atoms with Crippen molar-refractivity contribution in [2.45, 2.75) is 0 Å². The van der Waals surface area contributed by atoms with E-state index in [0.717, 1.165) is 76.7 Å². The molecule has 0 radical (unpaired) electrons. The van der Waals surface area contributed by atoms with E-state index in [1.165, 1.54) is 21.2 Å². The summed E-state index contributed by atoms with van der Waals surface area (Å²) in [6.07, 6.45) is 0. The van der Waals surface area contributed by atoms with E-state index in [2.05, 4.69) is 152 Å². The third kappa shape index (κ3) is 4.27. The van der Waals surface area contributed by atoms with Gasteiger partial charge in [-0.2, -0.15) is 0 Å². The molecular weight excluding hydrogens is 605 g/mol. The van der Waals surface area contributed by atoms with Crippen LogP contribution in [-0.4, -0.2) is 9.97 Å². The number of rotatable bonds is 4. The highest BCUT2D eigenvalue weighted by Gasteiger charge is 2.18. The second-order valence-electron chi connectivity index (χ2n) is 12.1. The van der Waals surface area contributed by atoms with Crippen LogP contribution in [0.2, 0.25) is 0 Å². The van der Waals surface area contributed by atoms with Gasteiger partial charge in [0.2, 0.25) is 0 Å². The van der Waals surface area contributed by atoms with E-state index in [9.17, 15) is 0 Å². The van der Waals surface area contributed by atoms with Crippen molar-refractivity contribution in [2.24, 2.45) is 0 Å². The molecule has 0 aliphatic rings. The van der Waals surface area contributed by atoms with Crippen LogP contribution in [0.15, 0.2) is 162 Å². The summed E-state index contributed by atoms with van der Waals surface area (Å²) in [5.41, 5.74) is 10.4. The van der Waals surface area contributed by atoms with Crippen LogP contribution >= 0.6 is 11.3 Å². The van der Waals surface area contributed by atoms with E-state index in [1.54, 1.807) is 11.3 Å². The van der Waals surface area contributed by atoms with Crippen molar-refractivity contribution in [3.63, 3.8) is 0 Å². The zero-order chi connectivity index (χ0) is 31.6. The lowest BCUT2D eigenvalue weighted by Gasteiger charge is -2.09. The lowest BCUT2D eigenvalue weighted by Crippen LogP contribution is -1.93. The molecule has 0 aliphatic heterocycles.